The smallest absolute Gasteiger partial charge is 0.337 e. The molecular weight excluding hydrogens is 298 g/mol. The molecule has 1 N–H and O–H groups in total. The number of carbonyl (C=O) groups is 1. The van der Waals surface area contributed by atoms with Crippen LogP contribution >= 0.6 is 7.60 Å². The van der Waals surface area contributed by atoms with E-state index < -0.39 is 26.0 Å². The number of unbranched alkanes of at least 4 members (excludes halogenated alkanes) is 2. The van der Waals surface area contributed by atoms with E-state index in [1.165, 1.54) is 5.32 Å². The molecule has 0 saturated heterocycles. The fraction of sp³-hybridized carbons (Fsp3) is 0.909. The summed E-state index contributed by atoms with van der Waals surface area (Å²) in [7, 11) is -3.73. The lowest BCUT2D eigenvalue weighted by molar-refractivity contribution is -0.173. The molecule has 0 fully saturated rings. The van der Waals surface area contributed by atoms with Crippen LogP contribution in [-0.4, -0.2) is 31.6 Å². The Hall–Kier alpha value is -0.590. The van der Waals surface area contributed by atoms with Crippen LogP contribution in [-0.2, 0) is 18.4 Å². The second-order valence-electron chi connectivity index (χ2n) is 4.15. The van der Waals surface area contributed by atoms with Gasteiger partial charge in [0, 0.05) is 0 Å². The number of carbonyl (C=O) groups excluding carboxylic acids is 1. The van der Waals surface area contributed by atoms with Crippen molar-refractivity contribution in [1.29, 1.82) is 0 Å². The van der Waals surface area contributed by atoms with Gasteiger partial charge >= 0.3 is 19.7 Å². The Balaban J connectivity index is 4.43. The van der Waals surface area contributed by atoms with Crippen LogP contribution < -0.4 is 5.32 Å². The number of hydrogen-bond acceptors (Lipinski definition) is 4. The molecule has 0 heterocycles. The third-order valence-corrected chi connectivity index (χ3v) is 3.96. The van der Waals surface area contributed by atoms with Gasteiger partial charge in [0.15, 0.2) is 0 Å². The van der Waals surface area contributed by atoms with Crippen LogP contribution in [0.5, 0.6) is 0 Å². The second-order valence-corrected chi connectivity index (χ2v) is 6.20. The van der Waals surface area contributed by atoms with E-state index in [-0.39, 0.29) is 13.2 Å². The van der Waals surface area contributed by atoms with Gasteiger partial charge in [0.05, 0.1) is 13.2 Å². The molecule has 120 valence electrons. The molecule has 0 aromatic carbocycles. The molecule has 0 radical (unpaired) electrons. The van der Waals surface area contributed by atoms with Crippen molar-refractivity contribution in [3.63, 3.8) is 0 Å². The number of halogens is 3. The minimum atomic E-state index is -5.02. The van der Waals surface area contributed by atoms with Crippen molar-refractivity contribution in [2.45, 2.75) is 45.7 Å². The lowest BCUT2D eigenvalue weighted by atomic mass is 10.4. The molecule has 0 aromatic rings. The highest BCUT2D eigenvalue weighted by atomic mass is 31.2. The number of rotatable bonds is 10. The molecule has 0 atom stereocenters. The Morgan fingerprint density at radius 1 is 1.10 bits per heavy atom. The molecule has 0 aromatic heterocycles. The molecule has 0 unspecified atom stereocenters. The van der Waals surface area contributed by atoms with Gasteiger partial charge in [-0.2, -0.15) is 13.2 Å². The average molecular weight is 319 g/mol. The number of nitrogens with one attached hydrogen (secondary N) is 1. The van der Waals surface area contributed by atoms with Gasteiger partial charge in [0.1, 0.15) is 6.29 Å². The summed E-state index contributed by atoms with van der Waals surface area (Å²) in [6.07, 6.45) is -3.02. The van der Waals surface area contributed by atoms with Crippen molar-refractivity contribution in [1.82, 2.24) is 5.32 Å². The van der Waals surface area contributed by atoms with Crippen LogP contribution in [0.15, 0.2) is 0 Å². The molecule has 0 rings (SSSR count). The summed E-state index contributed by atoms with van der Waals surface area (Å²) in [5.41, 5.74) is 0. The highest BCUT2D eigenvalue weighted by Gasteiger charge is 2.40. The van der Waals surface area contributed by atoms with Gasteiger partial charge in [-0.05, 0) is 12.8 Å². The molecule has 20 heavy (non-hydrogen) atoms. The fourth-order valence-electron chi connectivity index (χ4n) is 1.09. The first-order valence-electron chi connectivity index (χ1n) is 6.48. The van der Waals surface area contributed by atoms with E-state index in [1.807, 2.05) is 13.8 Å². The Bertz CT molecular complexity index is 322. The van der Waals surface area contributed by atoms with Crippen molar-refractivity contribution in [3.8, 4) is 0 Å². The van der Waals surface area contributed by atoms with E-state index in [9.17, 15) is 22.5 Å². The maximum absolute atomic E-state index is 12.2. The zero-order valence-corrected chi connectivity index (χ0v) is 12.6. The summed E-state index contributed by atoms with van der Waals surface area (Å²) < 4.78 is 58.4. The van der Waals surface area contributed by atoms with Gasteiger partial charge in [-0.1, -0.05) is 26.7 Å². The SMILES string of the molecule is CCCCOP(=O)(CNC(=O)C(F)(F)F)OCCCC. The topological polar surface area (TPSA) is 64.6 Å². The molecule has 0 aliphatic rings. The van der Waals surface area contributed by atoms with Crippen LogP contribution in [0, 0.1) is 0 Å². The highest BCUT2D eigenvalue weighted by molar-refractivity contribution is 7.53. The Kier molecular flexibility index (Phi) is 9.09. The molecule has 5 nitrogen and oxygen atoms in total. The molecule has 9 heteroatoms. The van der Waals surface area contributed by atoms with E-state index in [4.69, 9.17) is 9.05 Å². The van der Waals surface area contributed by atoms with Gasteiger partial charge in [0.25, 0.3) is 0 Å². The van der Waals surface area contributed by atoms with Crippen molar-refractivity contribution >= 4 is 13.5 Å². The first-order valence-corrected chi connectivity index (χ1v) is 8.21. The van der Waals surface area contributed by atoms with Gasteiger partial charge in [0.2, 0.25) is 0 Å². The van der Waals surface area contributed by atoms with Crippen molar-refractivity contribution in [2.75, 3.05) is 19.5 Å². The first-order chi connectivity index (χ1) is 9.25. The normalized spacial score (nSPS) is 12.4. The molecule has 0 saturated carbocycles. The Morgan fingerprint density at radius 3 is 1.90 bits per heavy atom. The van der Waals surface area contributed by atoms with Gasteiger partial charge in [-0.25, -0.2) is 0 Å². The standard InChI is InChI=1S/C11H21F3NO4P/c1-3-5-7-18-20(17,19-8-6-4-2)9-15-10(16)11(12,13)14/h3-9H2,1-2H3,(H,15,16). The van der Waals surface area contributed by atoms with Crippen LogP contribution in [0.1, 0.15) is 39.5 Å². The van der Waals surface area contributed by atoms with E-state index in [2.05, 4.69) is 0 Å². The number of amides is 1. The van der Waals surface area contributed by atoms with Crippen molar-refractivity contribution < 1.29 is 31.6 Å². The van der Waals surface area contributed by atoms with Crippen LogP contribution in [0.2, 0.25) is 0 Å². The fourth-order valence-corrected chi connectivity index (χ4v) is 2.50. The summed E-state index contributed by atoms with van der Waals surface area (Å²) in [4.78, 5) is 10.7. The number of alkyl halides is 3. The molecule has 0 aliphatic heterocycles. The molecule has 0 bridgehead atoms. The molecule has 0 aliphatic carbocycles. The summed E-state index contributed by atoms with van der Waals surface area (Å²) >= 11 is 0. The quantitative estimate of drug-likeness (QED) is 0.495. The van der Waals surface area contributed by atoms with E-state index in [0.29, 0.717) is 12.8 Å². The second kappa shape index (κ2) is 9.37. The largest absolute Gasteiger partial charge is 0.471 e. The molecular formula is C11H21F3NO4P. The minimum absolute atomic E-state index is 0.113. The van der Waals surface area contributed by atoms with Crippen molar-refractivity contribution in [3.05, 3.63) is 0 Å². The lowest BCUT2D eigenvalue weighted by Crippen LogP contribution is -2.37. The monoisotopic (exact) mass is 319 g/mol. The highest BCUT2D eigenvalue weighted by Crippen LogP contribution is 2.47. The molecule has 0 spiro atoms. The summed E-state index contributed by atoms with van der Waals surface area (Å²) in [5.74, 6) is -2.16. The van der Waals surface area contributed by atoms with Crippen LogP contribution in [0.4, 0.5) is 13.2 Å². The van der Waals surface area contributed by atoms with Crippen molar-refractivity contribution in [2.24, 2.45) is 0 Å². The minimum Gasteiger partial charge on any atom is -0.337 e. The lowest BCUT2D eigenvalue weighted by Gasteiger charge is -2.19. The predicted octanol–water partition coefficient (Wildman–Crippen LogP) is 3.45. The van der Waals surface area contributed by atoms with Gasteiger partial charge < -0.3 is 14.4 Å². The molecule has 1 amide bonds. The zero-order valence-electron chi connectivity index (χ0n) is 11.7. The van der Waals surface area contributed by atoms with E-state index >= 15 is 0 Å². The predicted molar refractivity (Wildman–Crippen MR) is 68.4 cm³/mol. The maximum Gasteiger partial charge on any atom is 0.471 e. The van der Waals surface area contributed by atoms with Gasteiger partial charge in [-0.15, -0.1) is 0 Å². The van der Waals surface area contributed by atoms with Crippen LogP contribution in [0.3, 0.4) is 0 Å². The summed E-state index contributed by atoms with van der Waals surface area (Å²) in [6, 6.07) is 0. The third-order valence-electron chi connectivity index (χ3n) is 2.26. The van der Waals surface area contributed by atoms with Crippen LogP contribution in [0.25, 0.3) is 0 Å². The Morgan fingerprint density at radius 2 is 1.55 bits per heavy atom. The first kappa shape index (κ1) is 19.4. The van der Waals surface area contributed by atoms with E-state index in [0.717, 1.165) is 12.8 Å². The zero-order chi connectivity index (χ0) is 15.6. The average Bonchev–Trinajstić information content (AvgIpc) is 2.35. The number of hydrogen-bond donors (Lipinski definition) is 1. The summed E-state index contributed by atoms with van der Waals surface area (Å²) in [6.45, 7) is 4.00. The summed E-state index contributed by atoms with van der Waals surface area (Å²) in [5, 5.41) is 1.54. The van der Waals surface area contributed by atoms with E-state index in [1.54, 1.807) is 0 Å². The Labute approximate surface area is 116 Å². The third kappa shape index (κ3) is 8.55. The maximum atomic E-state index is 12.2. The van der Waals surface area contributed by atoms with Gasteiger partial charge in [-0.3, -0.25) is 9.36 Å².